The van der Waals surface area contributed by atoms with Crippen LogP contribution in [0.15, 0.2) is 72.8 Å². The molecule has 1 aliphatic rings. The van der Waals surface area contributed by atoms with Crippen molar-refractivity contribution in [1.82, 2.24) is 4.90 Å². The van der Waals surface area contributed by atoms with Gasteiger partial charge in [-0.1, -0.05) is 35.9 Å². The first-order chi connectivity index (χ1) is 16.4. The fraction of sp³-hybridized carbons (Fsp3) is 0.192. The number of nitrogens with zero attached hydrogens (tertiary/aromatic N) is 2. The maximum Gasteiger partial charge on any atom is 0.256 e. The lowest BCUT2D eigenvalue weighted by Crippen LogP contribution is -2.37. The number of benzene rings is 3. The van der Waals surface area contributed by atoms with Crippen LogP contribution in [0.1, 0.15) is 17.5 Å². The molecule has 0 unspecified atom stereocenters. The number of carbonyl (C=O) groups excluding carboxylic acids is 2. The third-order valence-electron chi connectivity index (χ3n) is 5.66. The number of thiocarbonyl (C=S) groups is 1. The van der Waals surface area contributed by atoms with E-state index in [9.17, 15) is 14.0 Å². The van der Waals surface area contributed by atoms with Gasteiger partial charge in [-0.3, -0.25) is 14.5 Å². The van der Waals surface area contributed by atoms with Gasteiger partial charge in [0.05, 0.1) is 19.2 Å². The first kappa shape index (κ1) is 23.4. The summed E-state index contributed by atoms with van der Waals surface area (Å²) < 4.78 is 19.5. The number of rotatable bonds is 7. The molecule has 1 fully saturated rings. The molecule has 1 N–H and O–H groups in total. The predicted molar refractivity (Wildman–Crippen MR) is 133 cm³/mol. The van der Waals surface area contributed by atoms with Crippen molar-refractivity contribution >= 4 is 40.5 Å². The Morgan fingerprint density at radius 1 is 1.06 bits per heavy atom. The molecule has 0 aliphatic carbocycles. The van der Waals surface area contributed by atoms with Crippen molar-refractivity contribution < 1.29 is 18.7 Å². The Kier molecular flexibility index (Phi) is 6.88. The van der Waals surface area contributed by atoms with Crippen LogP contribution in [-0.2, 0) is 16.1 Å². The third kappa shape index (κ3) is 4.92. The summed E-state index contributed by atoms with van der Waals surface area (Å²) in [7, 11) is 1.56. The molecule has 0 radical (unpaired) electrons. The minimum atomic E-state index is -0.869. The fourth-order valence-electron chi connectivity index (χ4n) is 3.82. The van der Waals surface area contributed by atoms with E-state index in [2.05, 4.69) is 5.32 Å². The van der Waals surface area contributed by atoms with E-state index in [1.807, 2.05) is 19.1 Å². The van der Waals surface area contributed by atoms with Crippen molar-refractivity contribution in [3.05, 3.63) is 89.7 Å². The molecule has 0 bridgehead atoms. The van der Waals surface area contributed by atoms with Gasteiger partial charge in [-0.05, 0) is 61.6 Å². The Bertz CT molecular complexity index is 1210. The van der Waals surface area contributed by atoms with Crippen LogP contribution in [0.4, 0.5) is 15.8 Å². The first-order valence-corrected chi connectivity index (χ1v) is 11.2. The summed E-state index contributed by atoms with van der Waals surface area (Å²) in [5.74, 6) is -0.405. The molecule has 6 nitrogen and oxygen atoms in total. The zero-order valence-electron chi connectivity index (χ0n) is 18.8. The highest BCUT2D eigenvalue weighted by molar-refractivity contribution is 7.80. The molecular formula is C26H24FN3O3S. The van der Waals surface area contributed by atoms with Gasteiger partial charge in [-0.25, -0.2) is 4.39 Å². The van der Waals surface area contributed by atoms with Crippen LogP contribution >= 0.6 is 12.2 Å². The average Bonchev–Trinajstić information content (AvgIpc) is 3.05. The number of ether oxygens (including phenoxy) is 1. The maximum absolute atomic E-state index is 14.4. The summed E-state index contributed by atoms with van der Waals surface area (Å²) in [5.41, 5.74) is 2.62. The normalized spacial score (nSPS) is 15.6. The summed E-state index contributed by atoms with van der Waals surface area (Å²) in [6, 6.07) is 19.7. The Morgan fingerprint density at radius 3 is 2.38 bits per heavy atom. The van der Waals surface area contributed by atoms with Gasteiger partial charge in [0.15, 0.2) is 5.11 Å². The van der Waals surface area contributed by atoms with Crippen molar-refractivity contribution in [2.24, 2.45) is 0 Å². The Balaban J connectivity index is 1.59. The highest BCUT2D eigenvalue weighted by Gasteiger charge is 2.44. The highest BCUT2D eigenvalue weighted by atomic mass is 32.1. The number of hydrogen-bond acceptors (Lipinski definition) is 4. The Hall–Kier alpha value is -3.78. The average molecular weight is 478 g/mol. The summed E-state index contributed by atoms with van der Waals surface area (Å²) in [6.45, 7) is 2.02. The summed E-state index contributed by atoms with van der Waals surface area (Å²) in [6.07, 6.45) is -0.137. The molecule has 4 rings (SSSR count). The van der Waals surface area contributed by atoms with Gasteiger partial charge in [-0.15, -0.1) is 0 Å². The standard InChI is InChI=1S/C26H24FN3O3S/c1-17-7-11-20(12-8-17)30-25(32)23(15-24(31)28-19-9-13-21(33-2)14-10-19)29(26(30)34)16-18-5-3-4-6-22(18)27/h3-14,23H,15-16H2,1-2H3,(H,28,31)/t23-/m0/s1. The van der Waals surface area contributed by atoms with Crippen LogP contribution in [-0.4, -0.2) is 35.0 Å². The summed E-state index contributed by atoms with van der Waals surface area (Å²) in [5, 5.41) is 3.04. The lowest BCUT2D eigenvalue weighted by molar-refractivity contribution is -0.124. The lowest BCUT2D eigenvalue weighted by Gasteiger charge is -2.24. The van der Waals surface area contributed by atoms with E-state index < -0.39 is 11.9 Å². The topological polar surface area (TPSA) is 61.9 Å². The highest BCUT2D eigenvalue weighted by Crippen LogP contribution is 2.29. The van der Waals surface area contributed by atoms with Gasteiger partial charge in [0, 0.05) is 17.8 Å². The Labute approximate surface area is 202 Å². The molecule has 1 atom stereocenters. The lowest BCUT2D eigenvalue weighted by atomic mass is 10.1. The van der Waals surface area contributed by atoms with Crippen LogP contribution in [0.25, 0.3) is 0 Å². The molecule has 1 aliphatic heterocycles. The first-order valence-electron chi connectivity index (χ1n) is 10.8. The molecule has 0 spiro atoms. The number of amides is 2. The van der Waals surface area contributed by atoms with Gasteiger partial charge in [0.2, 0.25) is 5.91 Å². The predicted octanol–water partition coefficient (Wildman–Crippen LogP) is 4.67. The van der Waals surface area contributed by atoms with Gasteiger partial charge in [0.1, 0.15) is 17.6 Å². The zero-order chi connectivity index (χ0) is 24.2. The minimum Gasteiger partial charge on any atom is -0.497 e. The second kappa shape index (κ2) is 10.0. The van der Waals surface area contributed by atoms with Gasteiger partial charge in [-0.2, -0.15) is 0 Å². The van der Waals surface area contributed by atoms with Crippen LogP contribution in [0.2, 0.25) is 0 Å². The van der Waals surface area contributed by atoms with E-state index in [1.54, 1.807) is 66.6 Å². The maximum atomic E-state index is 14.4. The smallest absolute Gasteiger partial charge is 0.256 e. The second-order valence-corrected chi connectivity index (χ2v) is 8.37. The number of methoxy groups -OCH3 is 1. The van der Waals surface area contributed by atoms with E-state index in [-0.39, 0.29) is 29.9 Å². The molecule has 8 heteroatoms. The van der Waals surface area contributed by atoms with Crippen molar-refractivity contribution in [2.45, 2.75) is 25.9 Å². The van der Waals surface area contributed by atoms with Crippen LogP contribution in [0.5, 0.6) is 5.75 Å². The zero-order valence-corrected chi connectivity index (χ0v) is 19.6. The largest absolute Gasteiger partial charge is 0.497 e. The SMILES string of the molecule is COc1ccc(NC(=O)C[C@H]2C(=O)N(c3ccc(C)cc3)C(=S)N2Cc2ccccc2F)cc1. The molecule has 2 amide bonds. The summed E-state index contributed by atoms with van der Waals surface area (Å²) >= 11 is 5.65. The Morgan fingerprint density at radius 2 is 1.74 bits per heavy atom. The van der Waals surface area contributed by atoms with E-state index >= 15 is 0 Å². The van der Waals surface area contributed by atoms with Gasteiger partial charge >= 0.3 is 0 Å². The van der Waals surface area contributed by atoms with Crippen LogP contribution < -0.4 is 15.0 Å². The molecule has 0 saturated carbocycles. The molecule has 34 heavy (non-hydrogen) atoms. The molecule has 3 aromatic carbocycles. The van der Waals surface area contributed by atoms with E-state index in [0.717, 1.165) is 5.56 Å². The molecule has 1 saturated heterocycles. The second-order valence-electron chi connectivity index (χ2n) is 8.01. The number of aryl methyl sites for hydroxylation is 1. The van der Waals surface area contributed by atoms with Crippen molar-refractivity contribution in [3.63, 3.8) is 0 Å². The third-order valence-corrected chi connectivity index (χ3v) is 6.08. The van der Waals surface area contributed by atoms with Crippen molar-refractivity contribution in [1.29, 1.82) is 0 Å². The molecule has 174 valence electrons. The number of carbonyl (C=O) groups is 2. The quantitative estimate of drug-likeness (QED) is 0.501. The van der Waals surface area contributed by atoms with Gasteiger partial charge in [0.25, 0.3) is 5.91 Å². The number of anilines is 2. The van der Waals surface area contributed by atoms with E-state index in [0.29, 0.717) is 22.7 Å². The molecule has 0 aromatic heterocycles. The summed E-state index contributed by atoms with van der Waals surface area (Å²) in [4.78, 5) is 29.4. The van der Waals surface area contributed by atoms with Crippen molar-refractivity contribution in [3.8, 4) is 5.75 Å². The van der Waals surface area contributed by atoms with E-state index in [1.165, 1.54) is 11.0 Å². The molecular weight excluding hydrogens is 453 g/mol. The fourth-order valence-corrected chi connectivity index (χ4v) is 4.20. The number of halogens is 1. The molecule has 3 aromatic rings. The minimum absolute atomic E-state index is 0.0695. The molecule has 1 heterocycles. The van der Waals surface area contributed by atoms with Crippen LogP contribution in [0, 0.1) is 12.7 Å². The monoisotopic (exact) mass is 477 g/mol. The van der Waals surface area contributed by atoms with Crippen molar-refractivity contribution in [2.75, 3.05) is 17.3 Å². The van der Waals surface area contributed by atoms with E-state index in [4.69, 9.17) is 17.0 Å². The van der Waals surface area contributed by atoms with Gasteiger partial charge < -0.3 is 15.0 Å². The van der Waals surface area contributed by atoms with Crippen LogP contribution in [0.3, 0.4) is 0 Å². The number of nitrogens with one attached hydrogen (secondary N) is 1. The number of hydrogen-bond donors (Lipinski definition) is 1.